The Morgan fingerprint density at radius 1 is 1.32 bits per heavy atom. The number of hydrogen-bond acceptors (Lipinski definition) is 4. The summed E-state index contributed by atoms with van der Waals surface area (Å²) in [6, 6.07) is 5.35. The van der Waals surface area contributed by atoms with E-state index in [-0.39, 0.29) is 18.5 Å². The Bertz CT molecular complexity index is 873. The van der Waals surface area contributed by atoms with E-state index in [1.165, 1.54) is 11.6 Å². The van der Waals surface area contributed by atoms with E-state index in [9.17, 15) is 9.59 Å². The minimum absolute atomic E-state index is 0.0952. The fraction of sp³-hybridized carbons (Fsp3) is 0.429. The summed E-state index contributed by atoms with van der Waals surface area (Å²) >= 11 is 0. The molecule has 1 aliphatic carbocycles. The predicted octanol–water partition coefficient (Wildman–Crippen LogP) is 4.62. The zero-order valence-corrected chi connectivity index (χ0v) is 15.0. The molecule has 1 aromatic carbocycles. The van der Waals surface area contributed by atoms with Crippen molar-refractivity contribution in [3.63, 3.8) is 0 Å². The van der Waals surface area contributed by atoms with Crippen LogP contribution in [0.1, 0.15) is 55.7 Å². The average molecular weight is 340 g/mol. The van der Waals surface area contributed by atoms with Crippen LogP contribution in [0.5, 0.6) is 0 Å². The number of fused-ring (bicyclic) bond motifs is 1. The van der Waals surface area contributed by atoms with Crippen LogP contribution in [0.4, 0.5) is 0 Å². The summed E-state index contributed by atoms with van der Waals surface area (Å²) in [5, 5.41) is 0.836. The third-order valence-corrected chi connectivity index (χ3v) is 4.77. The van der Waals surface area contributed by atoms with Gasteiger partial charge in [0.05, 0.1) is 6.42 Å². The van der Waals surface area contributed by atoms with Crippen LogP contribution in [0.2, 0.25) is 0 Å². The molecule has 4 heteroatoms. The van der Waals surface area contributed by atoms with Gasteiger partial charge in [-0.1, -0.05) is 26.0 Å². The van der Waals surface area contributed by atoms with E-state index in [1.54, 1.807) is 0 Å². The smallest absolute Gasteiger partial charge is 0.336 e. The number of allylic oxidation sites excluding steroid dienone is 2. The number of rotatable bonds is 5. The van der Waals surface area contributed by atoms with Gasteiger partial charge in [0.15, 0.2) is 0 Å². The first-order chi connectivity index (χ1) is 11.9. The van der Waals surface area contributed by atoms with Crippen molar-refractivity contribution in [2.45, 2.75) is 52.6 Å². The van der Waals surface area contributed by atoms with Gasteiger partial charge in [-0.2, -0.15) is 0 Å². The standard InChI is InChI=1S/C21H24O4/c1-13(2)17-11-18-16(10-21(23)25-19(18)8-14(17)3)12-24-20(22)9-15-6-4-5-7-15/h4,6,8,10-11,13,15H,5,7,9,12H2,1-3H3/t15-/m1/s1. The van der Waals surface area contributed by atoms with Crippen molar-refractivity contribution in [3.8, 4) is 0 Å². The highest BCUT2D eigenvalue weighted by Gasteiger charge is 2.16. The Kier molecular flexibility index (Phi) is 5.07. The largest absolute Gasteiger partial charge is 0.461 e. The van der Waals surface area contributed by atoms with E-state index in [4.69, 9.17) is 9.15 Å². The lowest BCUT2D eigenvalue weighted by Gasteiger charge is -2.13. The molecular formula is C21H24O4. The van der Waals surface area contributed by atoms with Crippen molar-refractivity contribution in [2.24, 2.45) is 5.92 Å². The Balaban J connectivity index is 1.84. The maximum absolute atomic E-state index is 12.1. The lowest BCUT2D eigenvalue weighted by molar-refractivity contribution is -0.145. The molecule has 0 spiro atoms. The van der Waals surface area contributed by atoms with Gasteiger partial charge in [0.2, 0.25) is 0 Å². The second-order valence-electron chi connectivity index (χ2n) is 7.08. The van der Waals surface area contributed by atoms with Crippen LogP contribution in [-0.2, 0) is 16.1 Å². The molecule has 0 saturated heterocycles. The van der Waals surface area contributed by atoms with Gasteiger partial charge in [0.1, 0.15) is 12.2 Å². The van der Waals surface area contributed by atoms with E-state index >= 15 is 0 Å². The lowest BCUT2D eigenvalue weighted by Crippen LogP contribution is -2.10. The fourth-order valence-corrected chi connectivity index (χ4v) is 3.43. The highest BCUT2D eigenvalue weighted by Crippen LogP contribution is 2.27. The summed E-state index contributed by atoms with van der Waals surface area (Å²) in [4.78, 5) is 23.9. The Hall–Kier alpha value is -2.36. The molecule has 0 bridgehead atoms. The van der Waals surface area contributed by atoms with Crippen molar-refractivity contribution < 1.29 is 13.9 Å². The molecule has 0 fully saturated rings. The summed E-state index contributed by atoms with van der Waals surface area (Å²) < 4.78 is 10.8. The van der Waals surface area contributed by atoms with Crippen LogP contribution in [-0.4, -0.2) is 5.97 Å². The molecule has 0 amide bonds. The number of benzene rings is 1. The molecule has 1 aliphatic rings. The predicted molar refractivity (Wildman–Crippen MR) is 97.6 cm³/mol. The van der Waals surface area contributed by atoms with Gasteiger partial charge in [-0.25, -0.2) is 4.79 Å². The van der Waals surface area contributed by atoms with Gasteiger partial charge in [-0.3, -0.25) is 4.79 Å². The second-order valence-corrected chi connectivity index (χ2v) is 7.08. The molecule has 3 rings (SSSR count). The molecule has 132 valence electrons. The van der Waals surface area contributed by atoms with Crippen LogP contribution in [0.25, 0.3) is 11.0 Å². The van der Waals surface area contributed by atoms with Crippen molar-refractivity contribution in [1.29, 1.82) is 0 Å². The average Bonchev–Trinajstić information content (AvgIpc) is 3.04. The first kappa shape index (κ1) is 17.5. The van der Waals surface area contributed by atoms with Crippen LogP contribution in [0.15, 0.2) is 39.6 Å². The molecule has 4 nitrogen and oxygen atoms in total. The van der Waals surface area contributed by atoms with Gasteiger partial charge in [0.25, 0.3) is 0 Å². The number of carbonyl (C=O) groups excluding carboxylic acids is 1. The molecule has 0 unspecified atom stereocenters. The molecular weight excluding hydrogens is 316 g/mol. The first-order valence-electron chi connectivity index (χ1n) is 8.83. The lowest BCUT2D eigenvalue weighted by atomic mass is 9.95. The van der Waals surface area contributed by atoms with Crippen molar-refractivity contribution in [1.82, 2.24) is 0 Å². The molecule has 0 N–H and O–H groups in total. The maximum atomic E-state index is 12.1. The van der Waals surface area contributed by atoms with Crippen LogP contribution in [0.3, 0.4) is 0 Å². The van der Waals surface area contributed by atoms with Gasteiger partial charge in [-0.05, 0) is 54.9 Å². The summed E-state index contributed by atoms with van der Waals surface area (Å²) in [6.07, 6.45) is 6.60. The molecule has 1 heterocycles. The molecule has 0 radical (unpaired) electrons. The summed E-state index contributed by atoms with van der Waals surface area (Å²) in [5.74, 6) is 0.412. The van der Waals surface area contributed by atoms with E-state index in [1.807, 2.05) is 19.1 Å². The van der Waals surface area contributed by atoms with E-state index < -0.39 is 5.63 Å². The van der Waals surface area contributed by atoms with Gasteiger partial charge in [-0.15, -0.1) is 0 Å². The van der Waals surface area contributed by atoms with E-state index in [2.05, 4.69) is 26.0 Å². The molecule has 1 atom stereocenters. The number of carbonyl (C=O) groups is 1. The highest BCUT2D eigenvalue weighted by atomic mass is 16.5. The number of hydrogen-bond donors (Lipinski definition) is 0. The van der Waals surface area contributed by atoms with E-state index in [0.717, 1.165) is 23.8 Å². The quantitative estimate of drug-likeness (QED) is 0.452. The highest BCUT2D eigenvalue weighted by molar-refractivity contribution is 5.82. The Morgan fingerprint density at radius 3 is 2.80 bits per heavy atom. The van der Waals surface area contributed by atoms with Crippen LogP contribution < -0.4 is 5.63 Å². The maximum Gasteiger partial charge on any atom is 0.336 e. The minimum Gasteiger partial charge on any atom is -0.461 e. The van der Waals surface area contributed by atoms with Gasteiger partial charge < -0.3 is 9.15 Å². The Morgan fingerprint density at radius 2 is 2.12 bits per heavy atom. The SMILES string of the molecule is Cc1cc2oc(=O)cc(COC(=O)C[C@@H]3C=CCC3)c2cc1C(C)C. The van der Waals surface area contributed by atoms with Crippen LogP contribution >= 0.6 is 0 Å². The van der Waals surface area contributed by atoms with Crippen molar-refractivity contribution in [2.75, 3.05) is 0 Å². The molecule has 1 aromatic heterocycles. The summed E-state index contributed by atoms with van der Waals surface area (Å²) in [6.45, 7) is 6.36. The second kappa shape index (κ2) is 7.26. The number of aryl methyl sites for hydroxylation is 1. The third-order valence-electron chi connectivity index (χ3n) is 4.77. The zero-order valence-electron chi connectivity index (χ0n) is 15.0. The number of ether oxygens (including phenoxy) is 1. The zero-order chi connectivity index (χ0) is 18.0. The minimum atomic E-state index is -0.422. The van der Waals surface area contributed by atoms with Crippen molar-refractivity contribution >= 4 is 16.9 Å². The topological polar surface area (TPSA) is 56.5 Å². The first-order valence-corrected chi connectivity index (χ1v) is 8.83. The summed E-state index contributed by atoms with van der Waals surface area (Å²) in [7, 11) is 0. The molecule has 25 heavy (non-hydrogen) atoms. The molecule has 2 aromatic rings. The van der Waals surface area contributed by atoms with Crippen molar-refractivity contribution in [3.05, 3.63) is 57.5 Å². The van der Waals surface area contributed by atoms with Gasteiger partial charge in [0, 0.05) is 17.0 Å². The molecule has 0 saturated carbocycles. The number of esters is 1. The monoisotopic (exact) mass is 340 g/mol. The van der Waals surface area contributed by atoms with Gasteiger partial charge >= 0.3 is 11.6 Å². The third kappa shape index (κ3) is 4.01. The molecule has 0 aliphatic heterocycles. The Labute approximate surface area is 147 Å². The van der Waals surface area contributed by atoms with E-state index in [0.29, 0.717) is 23.5 Å². The normalized spacial score (nSPS) is 16.7. The summed E-state index contributed by atoms with van der Waals surface area (Å²) in [5.41, 5.74) is 3.11. The van der Waals surface area contributed by atoms with Crippen LogP contribution in [0, 0.1) is 12.8 Å². The fourth-order valence-electron chi connectivity index (χ4n) is 3.43.